The molecule has 0 N–H and O–H groups in total. The molecule has 0 aliphatic carbocycles. The van der Waals surface area contributed by atoms with Crippen LogP contribution in [-0.2, 0) is 4.79 Å². The predicted octanol–water partition coefficient (Wildman–Crippen LogP) is 3.85. The maximum atomic E-state index is 12.5. The normalized spacial score (nSPS) is 13.4. The third-order valence-corrected chi connectivity index (χ3v) is 3.49. The molecule has 0 saturated heterocycles. The molecule has 0 spiro atoms. The Morgan fingerprint density at radius 3 is 2.35 bits per heavy atom. The van der Waals surface area contributed by atoms with Crippen LogP contribution in [0.4, 0.5) is 13.2 Å². The standard InChI is InChI=1S/C12H13F3OS/c1-9-2-4-11(5-3-9)17-8-10(6-7-16)12(13,14)15/h2-5,7,10H,6,8H2,1H3/t10-/m0/s1. The fraction of sp³-hybridized carbons (Fsp3) is 0.417. The van der Waals surface area contributed by atoms with E-state index in [2.05, 4.69) is 0 Å². The van der Waals surface area contributed by atoms with Gasteiger partial charge in [0.15, 0.2) is 0 Å². The van der Waals surface area contributed by atoms with Crippen LogP contribution in [0.1, 0.15) is 12.0 Å². The van der Waals surface area contributed by atoms with Crippen LogP contribution >= 0.6 is 11.8 Å². The summed E-state index contributed by atoms with van der Waals surface area (Å²) in [5.74, 6) is -1.68. The van der Waals surface area contributed by atoms with Gasteiger partial charge in [0.2, 0.25) is 0 Å². The van der Waals surface area contributed by atoms with Gasteiger partial charge in [0.1, 0.15) is 6.29 Å². The summed E-state index contributed by atoms with van der Waals surface area (Å²) in [5, 5.41) is 0. The van der Waals surface area contributed by atoms with Crippen LogP contribution < -0.4 is 0 Å². The van der Waals surface area contributed by atoms with Gasteiger partial charge >= 0.3 is 6.18 Å². The van der Waals surface area contributed by atoms with Gasteiger partial charge in [-0.2, -0.15) is 13.2 Å². The first-order valence-corrected chi connectivity index (χ1v) is 6.12. The maximum Gasteiger partial charge on any atom is 0.393 e. The molecule has 5 heteroatoms. The van der Waals surface area contributed by atoms with E-state index in [0.29, 0.717) is 6.29 Å². The van der Waals surface area contributed by atoms with E-state index in [1.54, 1.807) is 12.1 Å². The van der Waals surface area contributed by atoms with Crippen LogP contribution in [0.3, 0.4) is 0 Å². The molecular formula is C12H13F3OS. The molecule has 1 aromatic rings. The maximum absolute atomic E-state index is 12.5. The number of alkyl halides is 3. The fourth-order valence-electron chi connectivity index (χ4n) is 1.24. The van der Waals surface area contributed by atoms with Crippen molar-refractivity contribution in [3.63, 3.8) is 0 Å². The summed E-state index contributed by atoms with van der Waals surface area (Å²) in [6, 6.07) is 7.28. The van der Waals surface area contributed by atoms with Gasteiger partial charge in [0.05, 0.1) is 5.92 Å². The molecule has 94 valence electrons. The largest absolute Gasteiger partial charge is 0.393 e. The summed E-state index contributed by atoms with van der Waals surface area (Å²) >= 11 is 1.13. The van der Waals surface area contributed by atoms with E-state index in [4.69, 9.17) is 0 Å². The average molecular weight is 262 g/mol. The average Bonchev–Trinajstić information content (AvgIpc) is 2.25. The first-order valence-electron chi connectivity index (χ1n) is 5.13. The van der Waals surface area contributed by atoms with Gasteiger partial charge < -0.3 is 4.79 Å². The number of rotatable bonds is 5. The van der Waals surface area contributed by atoms with Crippen molar-refractivity contribution in [1.29, 1.82) is 0 Å². The number of halogens is 3. The quantitative estimate of drug-likeness (QED) is 0.592. The van der Waals surface area contributed by atoms with Crippen molar-refractivity contribution in [2.75, 3.05) is 5.75 Å². The van der Waals surface area contributed by atoms with Crippen LogP contribution in [0.5, 0.6) is 0 Å². The molecule has 1 nitrogen and oxygen atoms in total. The molecule has 0 saturated carbocycles. The molecule has 1 rings (SSSR count). The number of aldehydes is 1. The second kappa shape index (κ2) is 6.10. The molecule has 1 aromatic carbocycles. The Bertz CT molecular complexity index is 359. The van der Waals surface area contributed by atoms with E-state index in [9.17, 15) is 18.0 Å². The molecule has 1 atom stereocenters. The molecular weight excluding hydrogens is 249 g/mol. The molecule has 0 fully saturated rings. The molecule has 17 heavy (non-hydrogen) atoms. The minimum atomic E-state index is -4.31. The zero-order valence-electron chi connectivity index (χ0n) is 9.33. The van der Waals surface area contributed by atoms with Crippen LogP contribution in [0.25, 0.3) is 0 Å². The molecule has 0 unspecified atom stereocenters. The predicted molar refractivity (Wildman–Crippen MR) is 62.1 cm³/mol. The van der Waals surface area contributed by atoms with E-state index < -0.39 is 18.5 Å². The minimum Gasteiger partial charge on any atom is -0.303 e. The molecule has 0 aliphatic rings. The smallest absolute Gasteiger partial charge is 0.303 e. The van der Waals surface area contributed by atoms with Crippen LogP contribution in [-0.4, -0.2) is 18.2 Å². The monoisotopic (exact) mass is 262 g/mol. The summed E-state index contributed by atoms with van der Waals surface area (Å²) in [6.45, 7) is 1.92. The second-order valence-corrected chi connectivity index (χ2v) is 4.86. The number of thioether (sulfide) groups is 1. The van der Waals surface area contributed by atoms with Crippen molar-refractivity contribution in [2.24, 2.45) is 5.92 Å². The molecule has 0 amide bonds. The van der Waals surface area contributed by atoms with E-state index in [1.807, 2.05) is 19.1 Å². The lowest BCUT2D eigenvalue weighted by molar-refractivity contribution is -0.170. The van der Waals surface area contributed by atoms with E-state index >= 15 is 0 Å². The van der Waals surface area contributed by atoms with Crippen molar-refractivity contribution in [2.45, 2.75) is 24.4 Å². The van der Waals surface area contributed by atoms with Gasteiger partial charge in [-0.05, 0) is 19.1 Å². The molecule has 0 bridgehead atoms. The summed E-state index contributed by atoms with van der Waals surface area (Å²) < 4.78 is 37.5. The Morgan fingerprint density at radius 1 is 1.29 bits per heavy atom. The Labute approximate surface area is 102 Å². The number of hydrogen-bond donors (Lipinski definition) is 0. The van der Waals surface area contributed by atoms with Crippen LogP contribution in [0.2, 0.25) is 0 Å². The highest BCUT2D eigenvalue weighted by Gasteiger charge is 2.38. The Kier molecular flexibility index (Phi) is 5.05. The summed E-state index contributed by atoms with van der Waals surface area (Å²) in [4.78, 5) is 11.0. The van der Waals surface area contributed by atoms with Crippen molar-refractivity contribution in [3.05, 3.63) is 29.8 Å². The van der Waals surface area contributed by atoms with E-state index in [0.717, 1.165) is 22.2 Å². The lowest BCUT2D eigenvalue weighted by Crippen LogP contribution is -2.25. The van der Waals surface area contributed by atoms with Crippen molar-refractivity contribution in [1.82, 2.24) is 0 Å². The Hall–Kier alpha value is -0.970. The highest BCUT2D eigenvalue weighted by molar-refractivity contribution is 7.99. The van der Waals surface area contributed by atoms with Gasteiger partial charge in [0.25, 0.3) is 0 Å². The summed E-state index contributed by atoms with van der Waals surface area (Å²) in [5.41, 5.74) is 1.06. The number of aryl methyl sites for hydroxylation is 1. The van der Waals surface area contributed by atoms with Crippen molar-refractivity contribution >= 4 is 18.0 Å². The van der Waals surface area contributed by atoms with Crippen molar-refractivity contribution in [3.8, 4) is 0 Å². The van der Waals surface area contributed by atoms with Crippen molar-refractivity contribution < 1.29 is 18.0 Å². The van der Waals surface area contributed by atoms with Gasteiger partial charge in [-0.3, -0.25) is 0 Å². The number of carbonyl (C=O) groups excluding carboxylic acids is 1. The Balaban J connectivity index is 2.57. The first-order chi connectivity index (χ1) is 7.93. The minimum absolute atomic E-state index is 0.120. The first kappa shape index (κ1) is 14.1. The fourth-order valence-corrected chi connectivity index (χ4v) is 2.29. The zero-order chi connectivity index (χ0) is 12.9. The van der Waals surface area contributed by atoms with Crippen LogP contribution in [0, 0.1) is 12.8 Å². The highest BCUT2D eigenvalue weighted by atomic mass is 32.2. The third kappa shape index (κ3) is 4.81. The molecule has 0 aliphatic heterocycles. The molecule has 0 radical (unpaired) electrons. The number of benzene rings is 1. The van der Waals surface area contributed by atoms with Gasteiger partial charge in [0, 0.05) is 17.1 Å². The highest BCUT2D eigenvalue weighted by Crippen LogP contribution is 2.33. The number of hydrogen-bond acceptors (Lipinski definition) is 2. The van der Waals surface area contributed by atoms with Crippen LogP contribution in [0.15, 0.2) is 29.2 Å². The summed E-state index contributed by atoms with van der Waals surface area (Å²) in [6.07, 6.45) is -4.45. The van der Waals surface area contributed by atoms with Gasteiger partial charge in [-0.15, -0.1) is 11.8 Å². The van der Waals surface area contributed by atoms with E-state index in [-0.39, 0.29) is 5.75 Å². The second-order valence-electron chi connectivity index (χ2n) is 3.76. The van der Waals surface area contributed by atoms with Gasteiger partial charge in [-0.1, -0.05) is 17.7 Å². The zero-order valence-corrected chi connectivity index (χ0v) is 10.1. The molecule has 0 heterocycles. The van der Waals surface area contributed by atoms with Gasteiger partial charge in [-0.25, -0.2) is 0 Å². The lowest BCUT2D eigenvalue weighted by atomic mass is 10.1. The lowest BCUT2D eigenvalue weighted by Gasteiger charge is -2.17. The summed E-state index contributed by atoms with van der Waals surface area (Å²) in [7, 11) is 0. The molecule has 0 aromatic heterocycles. The SMILES string of the molecule is Cc1ccc(SC[C@H](CC=O)C(F)(F)F)cc1. The third-order valence-electron chi connectivity index (χ3n) is 2.32. The number of carbonyl (C=O) groups is 1. The Morgan fingerprint density at radius 2 is 1.88 bits per heavy atom. The van der Waals surface area contributed by atoms with E-state index in [1.165, 1.54) is 0 Å². The topological polar surface area (TPSA) is 17.1 Å².